The van der Waals surface area contributed by atoms with Crippen molar-refractivity contribution in [2.75, 3.05) is 30.4 Å². The number of halogens is 3. The minimum absolute atomic E-state index is 0.0393. The second kappa shape index (κ2) is 7.42. The fraction of sp³-hybridized carbons (Fsp3) is 0.474. The van der Waals surface area contributed by atoms with Crippen LogP contribution in [0.3, 0.4) is 0 Å². The van der Waals surface area contributed by atoms with Crippen LogP contribution < -0.4 is 15.1 Å². The molecular formula is C19H23ClF2N3O3+. The van der Waals surface area contributed by atoms with Crippen molar-refractivity contribution in [1.82, 2.24) is 4.48 Å². The number of Topliss-reactive ketones (excluding diaryl/α,β-unsaturated/α-hetero) is 1. The Balaban J connectivity index is 2.33. The number of nitrogens with zero attached hydrogens (tertiary/aromatic N) is 2. The Bertz CT molecular complexity index is 876. The summed E-state index contributed by atoms with van der Waals surface area (Å²) in [5.74, 6) is -4.03. The normalized spacial score (nSPS) is 25.5. The summed E-state index contributed by atoms with van der Waals surface area (Å²) in [6.45, 7) is 4.42. The molecule has 6 nitrogen and oxygen atoms in total. The van der Waals surface area contributed by atoms with Crippen LogP contribution in [-0.4, -0.2) is 54.5 Å². The lowest BCUT2D eigenvalue weighted by molar-refractivity contribution is -0.132. The molecule has 0 spiro atoms. The number of anilines is 1. The summed E-state index contributed by atoms with van der Waals surface area (Å²) in [6, 6.07) is 0.308. The molecule has 9 heteroatoms. The maximum atomic E-state index is 15.8. The van der Waals surface area contributed by atoms with E-state index >= 15 is 4.39 Å². The Morgan fingerprint density at radius 2 is 2.18 bits per heavy atom. The molecule has 0 aromatic heterocycles. The zero-order chi connectivity index (χ0) is 20.8. The van der Waals surface area contributed by atoms with E-state index in [2.05, 4.69) is 0 Å². The molecular weight excluding hydrogens is 392 g/mol. The van der Waals surface area contributed by atoms with E-state index in [9.17, 15) is 19.1 Å². The molecule has 152 valence electrons. The average molecular weight is 415 g/mol. The number of benzene rings is 1. The van der Waals surface area contributed by atoms with E-state index in [-0.39, 0.29) is 39.9 Å². The van der Waals surface area contributed by atoms with Crippen LogP contribution in [0.5, 0.6) is 0 Å². The van der Waals surface area contributed by atoms with Crippen molar-refractivity contribution in [2.24, 2.45) is 5.73 Å². The highest BCUT2D eigenvalue weighted by molar-refractivity contribution is 6.27. The zero-order valence-electron chi connectivity index (χ0n) is 15.7. The third-order valence-electron chi connectivity index (χ3n) is 5.74. The fourth-order valence-corrected chi connectivity index (χ4v) is 4.39. The maximum absolute atomic E-state index is 15.8. The predicted molar refractivity (Wildman–Crippen MR) is 104 cm³/mol. The van der Waals surface area contributed by atoms with Gasteiger partial charge in [0.1, 0.15) is 17.9 Å². The molecule has 1 aromatic rings. The van der Waals surface area contributed by atoms with Crippen molar-refractivity contribution in [2.45, 2.75) is 32.4 Å². The number of hydrogen-bond acceptors (Lipinski definition) is 4. The van der Waals surface area contributed by atoms with E-state index in [1.807, 2.05) is 0 Å². The van der Waals surface area contributed by atoms with Crippen molar-refractivity contribution in [3.05, 3.63) is 35.0 Å². The number of fused-ring (bicyclic) bond motifs is 1. The Hall–Kier alpha value is -2.03. The van der Waals surface area contributed by atoms with Gasteiger partial charge in [-0.05, 0) is 26.3 Å². The number of nitrogens with two attached hydrogens (primary N) is 1. The molecule has 2 aliphatic heterocycles. The first kappa shape index (κ1) is 20.7. The van der Waals surface area contributed by atoms with Crippen molar-refractivity contribution in [3.8, 4) is 0 Å². The number of aliphatic carboxylic acids is 1. The van der Waals surface area contributed by atoms with Gasteiger partial charge in [-0.2, -0.15) is 4.39 Å². The molecule has 3 unspecified atom stereocenters. The summed E-state index contributed by atoms with van der Waals surface area (Å²) >= 11 is 6.05. The van der Waals surface area contributed by atoms with Gasteiger partial charge in [0.2, 0.25) is 11.6 Å². The molecule has 3 N–H and O–H groups in total. The molecule has 3 rings (SSSR count). The molecule has 0 amide bonds. The van der Waals surface area contributed by atoms with Gasteiger partial charge >= 0.3 is 5.97 Å². The predicted octanol–water partition coefficient (Wildman–Crippen LogP) is 2.62. The molecule has 2 heterocycles. The Morgan fingerprint density at radius 3 is 2.68 bits per heavy atom. The first-order chi connectivity index (χ1) is 13.2. The van der Waals surface area contributed by atoms with Gasteiger partial charge in [-0.3, -0.25) is 9.28 Å². The molecule has 1 fully saturated rings. The number of carbonyl (C=O) groups is 2. The van der Waals surface area contributed by atoms with Crippen LogP contribution in [0.4, 0.5) is 20.2 Å². The van der Waals surface area contributed by atoms with E-state index in [4.69, 9.17) is 17.3 Å². The highest BCUT2D eigenvalue weighted by Gasteiger charge is 2.48. The van der Waals surface area contributed by atoms with Crippen LogP contribution in [-0.2, 0) is 4.79 Å². The smallest absolute Gasteiger partial charge is 0.345 e. The van der Waals surface area contributed by atoms with Gasteiger partial charge in [-0.25, -0.2) is 9.18 Å². The SMILES string of the molecule is CC[N+]1(C(C)CCl)C=C(C(=O)O)C(=O)c2cc(F)c(N3CCC(N)C3)c(F)c21. The second-order valence-corrected chi connectivity index (χ2v) is 7.65. The maximum Gasteiger partial charge on any atom is 0.345 e. The van der Waals surface area contributed by atoms with Crippen molar-refractivity contribution >= 4 is 34.7 Å². The number of carboxylic acids is 1. The molecule has 1 saturated heterocycles. The molecule has 2 aliphatic rings. The van der Waals surface area contributed by atoms with Crippen LogP contribution in [0.1, 0.15) is 30.6 Å². The van der Waals surface area contributed by atoms with Gasteiger partial charge in [0, 0.05) is 19.1 Å². The standard InChI is InChI=1S/C19H22ClF2N3O3/c1-3-25(10(2)7-20)9-13(19(27)28)18(26)12-6-14(21)16(15(22)17(12)25)24-5-4-11(23)8-24/h6,9-11H,3-5,7-8,23H2,1-2H3/p+1. The Kier molecular flexibility index (Phi) is 5.49. The highest BCUT2D eigenvalue weighted by atomic mass is 35.5. The van der Waals surface area contributed by atoms with E-state index in [0.717, 1.165) is 6.07 Å². The Labute approximate surface area is 166 Å². The summed E-state index contributed by atoms with van der Waals surface area (Å²) in [4.78, 5) is 25.9. The van der Waals surface area contributed by atoms with Crippen molar-refractivity contribution in [3.63, 3.8) is 0 Å². The zero-order valence-corrected chi connectivity index (χ0v) is 16.5. The number of carbonyl (C=O) groups excluding carboxylic acids is 1. The minimum Gasteiger partial charge on any atom is -0.477 e. The van der Waals surface area contributed by atoms with Crippen LogP contribution >= 0.6 is 11.6 Å². The summed E-state index contributed by atoms with van der Waals surface area (Å²) in [7, 11) is 0. The highest BCUT2D eigenvalue weighted by Crippen LogP contribution is 2.44. The number of ketones is 1. The van der Waals surface area contributed by atoms with Gasteiger partial charge in [0.05, 0.1) is 18.0 Å². The molecule has 0 radical (unpaired) electrons. The Morgan fingerprint density at radius 1 is 1.50 bits per heavy atom. The number of quaternary nitrogens is 1. The topological polar surface area (TPSA) is 83.6 Å². The molecule has 1 aromatic carbocycles. The first-order valence-electron chi connectivity index (χ1n) is 9.15. The summed E-state index contributed by atoms with van der Waals surface area (Å²) in [6.07, 6.45) is 1.84. The number of carboxylic acid groups (broad SMARTS) is 1. The van der Waals surface area contributed by atoms with E-state index in [1.54, 1.807) is 13.8 Å². The largest absolute Gasteiger partial charge is 0.477 e. The third-order valence-corrected chi connectivity index (χ3v) is 6.18. The van der Waals surface area contributed by atoms with E-state index < -0.39 is 35.0 Å². The van der Waals surface area contributed by atoms with Crippen LogP contribution in [0.15, 0.2) is 17.8 Å². The van der Waals surface area contributed by atoms with Gasteiger partial charge in [-0.1, -0.05) is 0 Å². The lowest BCUT2D eigenvalue weighted by Crippen LogP contribution is -2.55. The van der Waals surface area contributed by atoms with Crippen LogP contribution in [0, 0.1) is 11.6 Å². The quantitative estimate of drug-likeness (QED) is 0.439. The third kappa shape index (κ3) is 3.00. The first-order valence-corrected chi connectivity index (χ1v) is 9.68. The molecule has 0 saturated carbocycles. The molecule has 0 bridgehead atoms. The molecule has 0 aliphatic carbocycles. The van der Waals surface area contributed by atoms with E-state index in [0.29, 0.717) is 19.5 Å². The summed E-state index contributed by atoms with van der Waals surface area (Å²) in [5.41, 5.74) is 4.83. The number of hydrogen-bond donors (Lipinski definition) is 2. The van der Waals surface area contributed by atoms with Gasteiger partial charge in [-0.15, -0.1) is 11.6 Å². The lowest BCUT2D eigenvalue weighted by Gasteiger charge is -2.42. The van der Waals surface area contributed by atoms with Crippen molar-refractivity contribution < 1.29 is 23.5 Å². The monoisotopic (exact) mass is 414 g/mol. The summed E-state index contributed by atoms with van der Waals surface area (Å²) < 4.78 is 30.4. The lowest BCUT2D eigenvalue weighted by atomic mass is 9.93. The second-order valence-electron chi connectivity index (χ2n) is 7.34. The van der Waals surface area contributed by atoms with E-state index in [1.165, 1.54) is 11.1 Å². The summed E-state index contributed by atoms with van der Waals surface area (Å²) in [5, 5.41) is 9.47. The number of alkyl halides is 1. The van der Waals surface area contributed by atoms with Gasteiger partial charge < -0.3 is 15.7 Å². The van der Waals surface area contributed by atoms with Crippen molar-refractivity contribution in [1.29, 1.82) is 0 Å². The molecule has 3 atom stereocenters. The van der Waals surface area contributed by atoms with Gasteiger partial charge in [0.15, 0.2) is 17.1 Å². The van der Waals surface area contributed by atoms with Gasteiger partial charge in [0.25, 0.3) is 0 Å². The molecule has 28 heavy (non-hydrogen) atoms. The fourth-order valence-electron chi connectivity index (χ4n) is 4.14. The van der Waals surface area contributed by atoms with Crippen LogP contribution in [0.25, 0.3) is 0 Å². The average Bonchev–Trinajstić information content (AvgIpc) is 3.07. The van der Waals surface area contributed by atoms with Crippen LogP contribution in [0.2, 0.25) is 0 Å². The minimum atomic E-state index is -1.44. The number of rotatable bonds is 5.